The molecule has 128 valence electrons. The largest absolute Gasteiger partial charge is 0.324 e. The van der Waals surface area contributed by atoms with Crippen molar-refractivity contribution in [1.29, 1.82) is 0 Å². The number of fused-ring (bicyclic) bond motifs is 2. The molecule has 6 heteroatoms. The summed E-state index contributed by atoms with van der Waals surface area (Å²) in [5.74, 6) is 0.0518. The number of para-hydroxylation sites is 1. The van der Waals surface area contributed by atoms with E-state index in [-0.39, 0.29) is 17.9 Å². The molecule has 2 fully saturated rings. The maximum atomic E-state index is 13.3. The molecule has 2 amide bonds. The van der Waals surface area contributed by atoms with Gasteiger partial charge in [0.05, 0.1) is 11.3 Å². The van der Waals surface area contributed by atoms with Gasteiger partial charge in [0.15, 0.2) is 0 Å². The maximum Gasteiger partial charge on any atom is 0.256 e. The molecular formula is C18H24N4O2. The van der Waals surface area contributed by atoms with Crippen LogP contribution in [-0.2, 0) is 4.79 Å². The predicted molar refractivity (Wildman–Crippen MR) is 92.1 cm³/mol. The average Bonchev–Trinajstić information content (AvgIpc) is 2.71. The third-order valence-electron chi connectivity index (χ3n) is 5.47. The van der Waals surface area contributed by atoms with Crippen molar-refractivity contribution in [2.45, 2.75) is 24.9 Å². The molecule has 3 aliphatic rings. The van der Waals surface area contributed by atoms with E-state index in [1.165, 1.54) is 0 Å². The fraction of sp³-hybridized carbons (Fsp3) is 0.556. The lowest BCUT2D eigenvalue weighted by Crippen LogP contribution is -2.60. The van der Waals surface area contributed by atoms with Crippen LogP contribution in [0.25, 0.3) is 0 Å². The second kappa shape index (κ2) is 6.18. The van der Waals surface area contributed by atoms with Gasteiger partial charge in [0, 0.05) is 25.7 Å². The number of piperidine rings is 1. The van der Waals surface area contributed by atoms with Crippen LogP contribution in [0.15, 0.2) is 24.3 Å². The molecule has 2 saturated heterocycles. The predicted octanol–water partition coefficient (Wildman–Crippen LogP) is 0.541. The van der Waals surface area contributed by atoms with Gasteiger partial charge >= 0.3 is 0 Å². The van der Waals surface area contributed by atoms with Crippen molar-refractivity contribution in [3.8, 4) is 0 Å². The lowest BCUT2D eigenvalue weighted by atomic mass is 10.0. The Morgan fingerprint density at radius 1 is 1.08 bits per heavy atom. The Kier molecular flexibility index (Phi) is 4.02. The van der Waals surface area contributed by atoms with Gasteiger partial charge in [0.25, 0.3) is 11.8 Å². The van der Waals surface area contributed by atoms with E-state index in [9.17, 15) is 9.59 Å². The molecule has 0 saturated carbocycles. The number of amides is 2. The Morgan fingerprint density at radius 3 is 2.62 bits per heavy atom. The van der Waals surface area contributed by atoms with Gasteiger partial charge in [-0.1, -0.05) is 12.1 Å². The Morgan fingerprint density at radius 2 is 1.83 bits per heavy atom. The highest BCUT2D eigenvalue weighted by Crippen LogP contribution is 2.32. The first-order chi connectivity index (χ1) is 11.7. The van der Waals surface area contributed by atoms with Gasteiger partial charge in [-0.15, -0.1) is 0 Å². The van der Waals surface area contributed by atoms with Crippen molar-refractivity contribution in [2.24, 2.45) is 0 Å². The van der Waals surface area contributed by atoms with E-state index in [1.54, 1.807) is 4.90 Å². The minimum atomic E-state index is -0.390. The summed E-state index contributed by atoms with van der Waals surface area (Å²) in [5, 5.41) is 3.27. The lowest BCUT2D eigenvalue weighted by Gasteiger charge is -2.40. The van der Waals surface area contributed by atoms with Crippen molar-refractivity contribution >= 4 is 17.5 Å². The number of benzene rings is 1. The normalized spacial score (nSPS) is 26.1. The molecule has 1 N–H and O–H groups in total. The molecule has 24 heavy (non-hydrogen) atoms. The van der Waals surface area contributed by atoms with Gasteiger partial charge < -0.3 is 20.0 Å². The van der Waals surface area contributed by atoms with E-state index in [2.05, 4.69) is 17.3 Å². The molecule has 4 rings (SSSR count). The number of nitrogens with zero attached hydrogens (tertiary/aromatic N) is 3. The molecule has 0 aromatic heterocycles. The summed E-state index contributed by atoms with van der Waals surface area (Å²) in [6.07, 6.45) is 1.90. The number of piperazine rings is 1. The molecule has 0 bridgehead atoms. The van der Waals surface area contributed by atoms with Gasteiger partial charge in [-0.05, 0) is 45.1 Å². The molecule has 3 heterocycles. The number of likely N-dealkylation sites (tertiary alicyclic amines) is 1. The monoisotopic (exact) mass is 328 g/mol. The summed E-state index contributed by atoms with van der Waals surface area (Å²) in [4.78, 5) is 32.3. The minimum absolute atomic E-state index is 0.0131. The molecule has 1 atom stereocenters. The fourth-order valence-corrected chi connectivity index (χ4v) is 4.10. The summed E-state index contributed by atoms with van der Waals surface area (Å²) in [6.45, 7) is 3.84. The van der Waals surface area contributed by atoms with Gasteiger partial charge in [-0.25, -0.2) is 0 Å². The quantitative estimate of drug-likeness (QED) is 0.818. The zero-order valence-electron chi connectivity index (χ0n) is 14.1. The molecule has 1 unspecified atom stereocenters. The van der Waals surface area contributed by atoms with E-state index in [0.717, 1.165) is 38.2 Å². The summed E-state index contributed by atoms with van der Waals surface area (Å²) >= 11 is 0. The van der Waals surface area contributed by atoms with Crippen LogP contribution >= 0.6 is 0 Å². The molecule has 0 radical (unpaired) electrons. The van der Waals surface area contributed by atoms with Crippen molar-refractivity contribution in [3.63, 3.8) is 0 Å². The number of rotatable bonds is 1. The van der Waals surface area contributed by atoms with Crippen molar-refractivity contribution in [1.82, 2.24) is 15.1 Å². The Labute approximate surface area is 142 Å². The van der Waals surface area contributed by atoms with Gasteiger partial charge in [0.1, 0.15) is 6.04 Å². The Bertz CT molecular complexity index is 654. The topological polar surface area (TPSA) is 55.9 Å². The maximum absolute atomic E-state index is 13.3. The fourth-order valence-electron chi connectivity index (χ4n) is 4.10. The first-order valence-electron chi connectivity index (χ1n) is 8.79. The van der Waals surface area contributed by atoms with Crippen LogP contribution in [0.4, 0.5) is 5.69 Å². The second-order valence-electron chi connectivity index (χ2n) is 6.98. The first-order valence-corrected chi connectivity index (χ1v) is 8.79. The smallest absolute Gasteiger partial charge is 0.256 e. The van der Waals surface area contributed by atoms with E-state index in [4.69, 9.17) is 0 Å². The molecule has 0 aliphatic carbocycles. The zero-order valence-corrected chi connectivity index (χ0v) is 14.1. The van der Waals surface area contributed by atoms with E-state index in [1.807, 2.05) is 29.2 Å². The molecule has 0 spiro atoms. The standard InChI is InChI=1S/C18H24N4O2/c1-20-9-6-13(7-10-20)22-15-5-3-2-4-14(15)17(23)21-11-8-19-12-16(21)18(22)24/h2-5,13,16,19H,6-12H2,1H3. The Hall–Kier alpha value is -1.92. The van der Waals surface area contributed by atoms with E-state index >= 15 is 0 Å². The third-order valence-corrected chi connectivity index (χ3v) is 5.47. The van der Waals surface area contributed by atoms with Gasteiger partial charge in [0.2, 0.25) is 0 Å². The van der Waals surface area contributed by atoms with Gasteiger partial charge in [-0.2, -0.15) is 0 Å². The highest BCUT2D eigenvalue weighted by atomic mass is 16.2. The molecular weight excluding hydrogens is 304 g/mol. The highest BCUT2D eigenvalue weighted by molar-refractivity contribution is 6.11. The Balaban J connectivity index is 1.77. The van der Waals surface area contributed by atoms with Crippen LogP contribution in [0.3, 0.4) is 0 Å². The molecule has 1 aromatic carbocycles. The highest BCUT2D eigenvalue weighted by Gasteiger charge is 2.43. The average molecular weight is 328 g/mol. The minimum Gasteiger partial charge on any atom is -0.324 e. The summed E-state index contributed by atoms with van der Waals surface area (Å²) in [5.41, 5.74) is 1.45. The molecule has 6 nitrogen and oxygen atoms in total. The number of hydrogen-bond donors (Lipinski definition) is 1. The van der Waals surface area contributed by atoms with Crippen molar-refractivity contribution in [3.05, 3.63) is 29.8 Å². The van der Waals surface area contributed by atoms with Crippen LogP contribution in [0.5, 0.6) is 0 Å². The summed E-state index contributed by atoms with van der Waals surface area (Å²) in [6, 6.07) is 7.37. The van der Waals surface area contributed by atoms with Crippen molar-refractivity contribution in [2.75, 3.05) is 44.7 Å². The van der Waals surface area contributed by atoms with Gasteiger partial charge in [-0.3, -0.25) is 9.59 Å². The zero-order chi connectivity index (χ0) is 16.7. The number of carbonyl (C=O) groups excluding carboxylic acids is 2. The van der Waals surface area contributed by atoms with Crippen LogP contribution in [0.2, 0.25) is 0 Å². The SMILES string of the molecule is CN1CCC(N2C(=O)C3CNCCN3C(=O)c3ccccc32)CC1. The number of hydrogen-bond acceptors (Lipinski definition) is 4. The number of carbonyl (C=O) groups is 2. The van der Waals surface area contributed by atoms with Crippen LogP contribution < -0.4 is 10.2 Å². The van der Waals surface area contributed by atoms with E-state index in [0.29, 0.717) is 18.7 Å². The summed E-state index contributed by atoms with van der Waals surface area (Å²) in [7, 11) is 2.12. The number of nitrogens with one attached hydrogen (secondary N) is 1. The van der Waals surface area contributed by atoms with Crippen molar-refractivity contribution < 1.29 is 9.59 Å². The summed E-state index contributed by atoms with van der Waals surface area (Å²) < 4.78 is 0. The third kappa shape index (κ3) is 2.50. The van der Waals surface area contributed by atoms with E-state index < -0.39 is 6.04 Å². The first kappa shape index (κ1) is 15.6. The molecule has 1 aromatic rings. The van der Waals surface area contributed by atoms with Crippen LogP contribution in [0.1, 0.15) is 23.2 Å². The number of anilines is 1. The lowest BCUT2D eigenvalue weighted by molar-refractivity contribution is -0.124. The second-order valence-corrected chi connectivity index (χ2v) is 6.98. The molecule has 3 aliphatic heterocycles. The van der Waals surface area contributed by atoms with Crippen LogP contribution in [-0.4, -0.2) is 73.5 Å². The van der Waals surface area contributed by atoms with Crippen LogP contribution in [0, 0.1) is 0 Å².